The minimum atomic E-state index is -4.71. The topological polar surface area (TPSA) is 232 Å². The normalized spacial score (nSPS) is 23.4. The van der Waals surface area contributed by atoms with Crippen molar-refractivity contribution in [2.75, 3.05) is 85.8 Å². The van der Waals surface area contributed by atoms with Crippen LogP contribution in [0.1, 0.15) is 80.8 Å². The van der Waals surface area contributed by atoms with E-state index in [0.29, 0.717) is 55.2 Å². The Morgan fingerprint density at radius 2 is 1.70 bits per heavy atom. The number of carbonyl (C=O) groups is 1. The molecule has 3 aromatic carbocycles. The summed E-state index contributed by atoms with van der Waals surface area (Å²) in [5.41, 5.74) is 4.74. The number of anilines is 5. The number of aromatic nitrogens is 4. The van der Waals surface area contributed by atoms with Crippen LogP contribution in [0.5, 0.6) is 17.4 Å². The van der Waals surface area contributed by atoms with E-state index >= 15 is 0 Å². The number of rotatable bonds is 12. The summed E-state index contributed by atoms with van der Waals surface area (Å²) in [6.45, 7) is 10.4. The van der Waals surface area contributed by atoms with E-state index in [4.69, 9.17) is 28.7 Å². The number of pyridine rings is 1. The van der Waals surface area contributed by atoms with E-state index < -0.39 is 37.5 Å². The number of H-pyrrole nitrogens is 1. The highest BCUT2D eigenvalue weighted by atomic mass is 32.2. The molecule has 6 aliphatic heterocycles. The van der Waals surface area contributed by atoms with Crippen molar-refractivity contribution in [1.29, 1.82) is 0 Å². The van der Waals surface area contributed by atoms with Crippen LogP contribution in [0.4, 0.5) is 34.1 Å². The summed E-state index contributed by atoms with van der Waals surface area (Å²) in [5.74, 6) is 0.555. The molecule has 0 bridgehead atoms. The Balaban J connectivity index is 0.784. The molecule has 79 heavy (non-hydrogen) atoms. The van der Waals surface area contributed by atoms with E-state index in [9.17, 15) is 23.3 Å². The van der Waals surface area contributed by atoms with Gasteiger partial charge in [-0.3, -0.25) is 19.8 Å². The van der Waals surface area contributed by atoms with Crippen LogP contribution in [-0.2, 0) is 19.5 Å². The number of carbonyl (C=O) groups excluding carboxylic acids is 1. The van der Waals surface area contributed by atoms with Gasteiger partial charge in [0.1, 0.15) is 36.1 Å². The molecule has 0 radical (unpaired) electrons. The Labute approximate surface area is 458 Å². The molecule has 21 nitrogen and oxygen atoms in total. The number of piperidine rings is 1. The quantitative estimate of drug-likeness (QED) is 0.0785. The molecule has 4 atom stereocenters. The van der Waals surface area contributed by atoms with Gasteiger partial charge in [-0.15, -0.1) is 0 Å². The molecular formula is C57H65N11O10S. The highest BCUT2D eigenvalue weighted by Crippen LogP contribution is 2.54. The number of nitrogens with zero attached hydrogens (tertiary/aromatic N) is 8. The molecule has 0 unspecified atom stereocenters. The van der Waals surface area contributed by atoms with Gasteiger partial charge in [-0.05, 0) is 107 Å². The number of sulfonamides is 1. The second kappa shape index (κ2) is 20.8. The molecule has 1 amide bonds. The summed E-state index contributed by atoms with van der Waals surface area (Å²) in [6, 6.07) is 20.1. The van der Waals surface area contributed by atoms with Crippen LogP contribution >= 0.6 is 0 Å². The van der Waals surface area contributed by atoms with E-state index in [1.54, 1.807) is 18.6 Å². The molecule has 13 rings (SSSR count). The van der Waals surface area contributed by atoms with Crippen molar-refractivity contribution < 1.29 is 41.8 Å². The summed E-state index contributed by atoms with van der Waals surface area (Å²) in [6.07, 6.45) is 13.0. The zero-order chi connectivity index (χ0) is 54.0. The number of hydrogen-bond donors (Lipinski definition) is 3. The molecule has 6 aromatic rings. The number of nitro groups is 1. The lowest BCUT2D eigenvalue weighted by Gasteiger charge is -2.58. The fourth-order valence-corrected chi connectivity index (χ4v) is 14.3. The van der Waals surface area contributed by atoms with E-state index in [2.05, 4.69) is 76.6 Å². The van der Waals surface area contributed by atoms with E-state index in [1.165, 1.54) is 11.6 Å². The summed E-state index contributed by atoms with van der Waals surface area (Å²) < 4.78 is 61.7. The third kappa shape index (κ3) is 9.79. The molecular weight excluding hydrogens is 1030 g/mol. The maximum atomic E-state index is 14.9. The second-order valence-electron chi connectivity index (χ2n) is 22.5. The fraction of sp³-hybridized carbons (Fsp3) is 0.474. The molecule has 7 aliphatic rings. The molecule has 5 fully saturated rings. The maximum Gasteiger partial charge on any atom is 0.297 e. The molecule has 1 saturated carbocycles. The van der Waals surface area contributed by atoms with Crippen molar-refractivity contribution in [3.05, 3.63) is 113 Å². The van der Waals surface area contributed by atoms with Crippen LogP contribution in [0.15, 0.2) is 96.5 Å². The van der Waals surface area contributed by atoms with Gasteiger partial charge in [-0.1, -0.05) is 18.2 Å². The molecule has 22 heteroatoms. The third-order valence-electron chi connectivity index (χ3n) is 17.4. The Kier molecular flexibility index (Phi) is 13.4. The molecule has 3 N–H and O–H groups in total. The van der Waals surface area contributed by atoms with Gasteiger partial charge in [0.05, 0.1) is 70.0 Å². The standard InChI is InChI=1S/C57H65N11O10S/c1-35(2)77-50-6-4-3-5-42(50)49-31-65(40-29-58-34-59-30-40)18-19-66(49)39-27-57(28-39)13-16-64(17-14-57)38-7-8-43(46(24-38)67-45-12-22-75-33-52(45)78-56-48(67)23-37-9-15-60-54(37)62-56)55(69)63-79(72,73)41-25-47(68(70)71)53-51(26-41)76-32-44(61-53)36-10-20-74-21-11-36/h3-9,15,23-26,29-30,34-36,39,44-45,49,52,61H,10-14,16-22,27-28,31-33H2,1-2H3,(H,60,62)(H,63,69)/t44-,45-,49-,52-/m0/s1. The lowest BCUT2D eigenvalue weighted by Crippen LogP contribution is -2.60. The number of amides is 1. The van der Waals surface area contributed by atoms with Crippen LogP contribution in [0, 0.1) is 21.4 Å². The van der Waals surface area contributed by atoms with Crippen molar-refractivity contribution in [2.24, 2.45) is 11.3 Å². The summed E-state index contributed by atoms with van der Waals surface area (Å²) in [4.78, 5) is 52.6. The van der Waals surface area contributed by atoms with Gasteiger partial charge in [0, 0.05) is 93.6 Å². The van der Waals surface area contributed by atoms with Crippen LogP contribution in [0.25, 0.3) is 11.0 Å². The number of nitro benzene ring substituents is 1. The maximum absolute atomic E-state index is 14.9. The monoisotopic (exact) mass is 1100 g/mol. The molecule has 1 spiro atoms. The predicted molar refractivity (Wildman–Crippen MR) is 295 cm³/mol. The van der Waals surface area contributed by atoms with Crippen molar-refractivity contribution in [3.8, 4) is 17.4 Å². The number of para-hydroxylation sites is 1. The second-order valence-corrected chi connectivity index (χ2v) is 24.1. The lowest BCUT2D eigenvalue weighted by molar-refractivity contribution is -0.384. The fourth-order valence-electron chi connectivity index (χ4n) is 13.3. The Morgan fingerprint density at radius 1 is 0.899 bits per heavy atom. The van der Waals surface area contributed by atoms with Gasteiger partial charge >= 0.3 is 0 Å². The molecule has 414 valence electrons. The number of nitrogens with one attached hydrogen (secondary N) is 3. The number of benzene rings is 3. The third-order valence-corrected chi connectivity index (χ3v) is 18.7. The highest BCUT2D eigenvalue weighted by Gasteiger charge is 2.51. The lowest BCUT2D eigenvalue weighted by atomic mass is 9.59. The predicted octanol–water partition coefficient (Wildman–Crippen LogP) is 7.77. The number of fused-ring (bicyclic) bond motifs is 4. The zero-order valence-corrected chi connectivity index (χ0v) is 45.1. The minimum absolute atomic E-state index is 0.0231. The van der Waals surface area contributed by atoms with Gasteiger partial charge in [-0.2, -0.15) is 4.98 Å². The van der Waals surface area contributed by atoms with E-state index in [1.807, 2.05) is 42.7 Å². The van der Waals surface area contributed by atoms with E-state index in [-0.39, 0.29) is 65.8 Å². The molecule has 1 aliphatic carbocycles. The SMILES string of the molecule is CC(C)Oc1ccccc1[C@@H]1CN(c2cncnc2)CCN1C1CC2(CCN(c3ccc(C(=O)NS(=O)(=O)c4cc5c(c([N+](=O)[O-])c4)N[C@H](C4CCOCC4)CO5)c(N4c5cc6cc[nH]c6nc5O[C@H]5COCC[C@@H]54)c3)CC2)C1. The number of hydrogen-bond acceptors (Lipinski definition) is 18. The van der Waals surface area contributed by atoms with Gasteiger partial charge < -0.3 is 48.7 Å². The first kappa shape index (κ1) is 51.2. The van der Waals surface area contributed by atoms with E-state index in [0.717, 1.165) is 99.8 Å². The average molecular weight is 1100 g/mol. The van der Waals surface area contributed by atoms with Gasteiger partial charge in [0.2, 0.25) is 5.88 Å². The van der Waals surface area contributed by atoms with Crippen LogP contribution in [0.2, 0.25) is 0 Å². The average Bonchev–Trinajstić information content (AvgIpc) is 4.13. The number of aromatic amines is 1. The van der Waals surface area contributed by atoms with Crippen LogP contribution in [-0.4, -0.2) is 140 Å². The van der Waals surface area contributed by atoms with Crippen LogP contribution < -0.4 is 38.9 Å². The molecule has 9 heterocycles. The Morgan fingerprint density at radius 3 is 2.49 bits per heavy atom. The summed E-state index contributed by atoms with van der Waals surface area (Å²) >= 11 is 0. The van der Waals surface area contributed by atoms with Crippen molar-refractivity contribution in [1.82, 2.24) is 29.6 Å². The zero-order valence-electron chi connectivity index (χ0n) is 44.3. The Hall–Kier alpha value is -7.27. The molecule has 4 saturated heterocycles. The van der Waals surface area contributed by atoms with Gasteiger partial charge in [0.15, 0.2) is 11.4 Å². The first-order valence-electron chi connectivity index (χ1n) is 27.7. The largest absolute Gasteiger partial charge is 0.491 e. The number of ether oxygens (including phenoxy) is 5. The van der Waals surface area contributed by atoms with Gasteiger partial charge in [0.25, 0.3) is 21.6 Å². The first-order chi connectivity index (χ1) is 38.4. The smallest absolute Gasteiger partial charge is 0.297 e. The van der Waals surface area contributed by atoms with Crippen molar-refractivity contribution >= 4 is 61.1 Å². The van der Waals surface area contributed by atoms with Crippen molar-refractivity contribution in [3.63, 3.8) is 0 Å². The first-order valence-corrected chi connectivity index (χ1v) is 29.1. The Bertz CT molecular complexity index is 3380. The summed E-state index contributed by atoms with van der Waals surface area (Å²) in [5, 5.41) is 16.7. The highest BCUT2D eigenvalue weighted by molar-refractivity contribution is 7.90. The van der Waals surface area contributed by atoms with Gasteiger partial charge in [-0.25, -0.2) is 23.1 Å². The summed E-state index contributed by atoms with van der Waals surface area (Å²) in [7, 11) is -4.71. The number of piperazine rings is 1. The minimum Gasteiger partial charge on any atom is -0.491 e. The molecule has 3 aromatic heterocycles. The van der Waals surface area contributed by atoms with Crippen molar-refractivity contribution in [2.45, 2.75) is 100 Å². The van der Waals surface area contributed by atoms with Crippen LogP contribution in [0.3, 0.4) is 0 Å².